The van der Waals surface area contributed by atoms with E-state index in [9.17, 15) is 4.79 Å². The summed E-state index contributed by atoms with van der Waals surface area (Å²) in [6, 6.07) is 15.6. The minimum absolute atomic E-state index is 0.254. The van der Waals surface area contributed by atoms with Gasteiger partial charge in [0.1, 0.15) is 5.75 Å². The van der Waals surface area contributed by atoms with E-state index in [1.807, 2.05) is 47.4 Å². The molecule has 2 aromatic carbocycles. The zero-order valence-corrected chi connectivity index (χ0v) is 14.2. The quantitative estimate of drug-likeness (QED) is 0.689. The van der Waals surface area contributed by atoms with Crippen molar-refractivity contribution in [1.82, 2.24) is 5.32 Å². The molecule has 1 amide bonds. The number of nitrogens with zero attached hydrogens (tertiary/aromatic N) is 1. The zero-order valence-electron chi connectivity index (χ0n) is 13.4. The number of methoxy groups -OCH3 is 1. The third-order valence-corrected chi connectivity index (χ3v) is 4.24. The van der Waals surface area contributed by atoms with Crippen molar-refractivity contribution in [2.24, 2.45) is 0 Å². The van der Waals surface area contributed by atoms with Gasteiger partial charge in [0.25, 0.3) is 0 Å². The number of hydrogen-bond donors (Lipinski definition) is 1. The normalized spacial score (nSPS) is 13.0. The molecule has 3 rings (SSSR count). The van der Waals surface area contributed by atoms with Crippen molar-refractivity contribution in [2.75, 3.05) is 18.6 Å². The number of para-hydroxylation sites is 2. The molecule has 0 bridgehead atoms. The van der Waals surface area contributed by atoms with Gasteiger partial charge >= 0.3 is 0 Å². The molecule has 2 aromatic rings. The van der Waals surface area contributed by atoms with E-state index in [1.165, 1.54) is 11.6 Å². The zero-order chi connectivity index (χ0) is 16.9. The highest BCUT2D eigenvalue weighted by molar-refractivity contribution is 7.80. The summed E-state index contributed by atoms with van der Waals surface area (Å²) in [5.41, 5.74) is 3.16. The van der Waals surface area contributed by atoms with E-state index in [0.29, 0.717) is 5.11 Å². The van der Waals surface area contributed by atoms with Crippen LogP contribution in [0.5, 0.6) is 5.75 Å². The average Bonchev–Trinajstić information content (AvgIpc) is 3.04. The summed E-state index contributed by atoms with van der Waals surface area (Å²) < 4.78 is 5.26. The molecule has 0 aromatic heterocycles. The third-order valence-electron chi connectivity index (χ3n) is 3.92. The first-order chi connectivity index (χ1) is 11.7. The number of anilines is 1. The van der Waals surface area contributed by atoms with Crippen LogP contribution in [0.3, 0.4) is 0 Å². The Morgan fingerprint density at radius 3 is 2.79 bits per heavy atom. The summed E-state index contributed by atoms with van der Waals surface area (Å²) in [7, 11) is 1.60. The Hall–Kier alpha value is -2.66. The largest absolute Gasteiger partial charge is 0.496 e. The monoisotopic (exact) mass is 338 g/mol. The second-order valence-corrected chi connectivity index (χ2v) is 5.79. The Bertz CT molecular complexity index is 801. The summed E-state index contributed by atoms with van der Waals surface area (Å²) in [4.78, 5) is 14.1. The van der Waals surface area contributed by atoms with Crippen molar-refractivity contribution in [3.05, 3.63) is 65.7 Å². The minimum Gasteiger partial charge on any atom is -0.496 e. The number of carbonyl (C=O) groups is 1. The summed E-state index contributed by atoms with van der Waals surface area (Å²) in [5, 5.41) is 3.19. The van der Waals surface area contributed by atoms with Gasteiger partial charge in [-0.15, -0.1) is 0 Å². The summed E-state index contributed by atoms with van der Waals surface area (Å²) in [6.45, 7) is 0.786. The number of carbonyl (C=O) groups excluding carboxylic acids is 1. The number of benzene rings is 2. The Morgan fingerprint density at radius 1 is 1.21 bits per heavy atom. The third kappa shape index (κ3) is 3.46. The van der Waals surface area contributed by atoms with E-state index < -0.39 is 0 Å². The van der Waals surface area contributed by atoms with Crippen molar-refractivity contribution >= 4 is 35.0 Å². The van der Waals surface area contributed by atoms with Gasteiger partial charge in [-0.3, -0.25) is 10.1 Å². The number of hydrogen-bond acceptors (Lipinski definition) is 3. The maximum atomic E-state index is 12.1. The van der Waals surface area contributed by atoms with Crippen molar-refractivity contribution < 1.29 is 9.53 Å². The van der Waals surface area contributed by atoms with Crippen LogP contribution in [-0.4, -0.2) is 24.7 Å². The number of nitrogens with one attached hydrogen (secondary N) is 1. The van der Waals surface area contributed by atoms with Crippen LogP contribution in [0.25, 0.3) is 6.08 Å². The fourth-order valence-electron chi connectivity index (χ4n) is 2.73. The molecule has 1 aliphatic heterocycles. The van der Waals surface area contributed by atoms with Crippen molar-refractivity contribution in [2.45, 2.75) is 6.42 Å². The first-order valence-corrected chi connectivity index (χ1v) is 8.11. The van der Waals surface area contributed by atoms with Gasteiger partial charge < -0.3 is 9.64 Å². The molecule has 1 aliphatic rings. The van der Waals surface area contributed by atoms with E-state index >= 15 is 0 Å². The molecule has 5 heteroatoms. The van der Waals surface area contributed by atoms with Gasteiger partial charge in [-0.05, 0) is 42.4 Å². The van der Waals surface area contributed by atoms with Gasteiger partial charge in [0.2, 0.25) is 5.91 Å². The average molecular weight is 338 g/mol. The van der Waals surface area contributed by atoms with Crippen LogP contribution in [0.15, 0.2) is 54.6 Å². The number of ether oxygens (including phenoxy) is 1. The molecule has 1 heterocycles. The van der Waals surface area contributed by atoms with E-state index in [4.69, 9.17) is 17.0 Å². The predicted molar refractivity (Wildman–Crippen MR) is 100 cm³/mol. The summed E-state index contributed by atoms with van der Waals surface area (Å²) in [5.74, 6) is 0.466. The molecule has 1 N–H and O–H groups in total. The predicted octanol–water partition coefficient (Wildman–Crippen LogP) is 3.17. The van der Waals surface area contributed by atoms with Crippen molar-refractivity contribution in [1.29, 1.82) is 0 Å². The van der Waals surface area contributed by atoms with Gasteiger partial charge in [-0.2, -0.15) is 0 Å². The summed E-state index contributed by atoms with van der Waals surface area (Å²) >= 11 is 5.38. The number of amides is 1. The van der Waals surface area contributed by atoms with Crippen molar-refractivity contribution in [3.8, 4) is 5.75 Å². The molecule has 0 unspecified atom stereocenters. The van der Waals surface area contributed by atoms with E-state index in [1.54, 1.807) is 13.2 Å². The topological polar surface area (TPSA) is 41.6 Å². The molecule has 0 radical (unpaired) electrons. The Morgan fingerprint density at radius 2 is 1.96 bits per heavy atom. The molecule has 0 aliphatic carbocycles. The molecular formula is C19H18N2O2S. The number of thiocarbonyl (C=S) groups is 1. The lowest BCUT2D eigenvalue weighted by Crippen LogP contribution is -2.41. The molecular weight excluding hydrogens is 320 g/mol. The van der Waals surface area contributed by atoms with Crippen LogP contribution >= 0.6 is 12.2 Å². The Kier molecular flexibility index (Phi) is 4.91. The second-order valence-electron chi connectivity index (χ2n) is 5.40. The molecule has 0 fully saturated rings. The molecule has 0 saturated heterocycles. The Balaban J connectivity index is 1.65. The maximum absolute atomic E-state index is 12.1. The fourth-order valence-corrected chi connectivity index (χ4v) is 3.02. The molecule has 0 saturated carbocycles. The van der Waals surface area contributed by atoms with Gasteiger partial charge in [-0.25, -0.2) is 0 Å². The maximum Gasteiger partial charge on any atom is 0.250 e. The van der Waals surface area contributed by atoms with Crippen LogP contribution < -0.4 is 15.0 Å². The molecule has 0 atom stereocenters. The smallest absolute Gasteiger partial charge is 0.250 e. The van der Waals surface area contributed by atoms with E-state index in [0.717, 1.165) is 30.0 Å². The van der Waals surface area contributed by atoms with Crippen LogP contribution in [0.2, 0.25) is 0 Å². The van der Waals surface area contributed by atoms with E-state index in [2.05, 4.69) is 11.4 Å². The van der Waals surface area contributed by atoms with Gasteiger partial charge in [0, 0.05) is 23.9 Å². The van der Waals surface area contributed by atoms with Gasteiger partial charge in [0.15, 0.2) is 5.11 Å². The Labute approximate surface area is 146 Å². The highest BCUT2D eigenvalue weighted by Crippen LogP contribution is 2.27. The first kappa shape index (κ1) is 16.2. The lowest BCUT2D eigenvalue weighted by molar-refractivity contribution is -0.115. The second kappa shape index (κ2) is 7.27. The van der Waals surface area contributed by atoms with Crippen LogP contribution in [-0.2, 0) is 11.2 Å². The number of rotatable bonds is 3. The lowest BCUT2D eigenvalue weighted by Gasteiger charge is -2.19. The van der Waals surface area contributed by atoms with Gasteiger partial charge in [-0.1, -0.05) is 36.4 Å². The summed E-state index contributed by atoms with van der Waals surface area (Å²) in [6.07, 6.45) is 4.12. The molecule has 24 heavy (non-hydrogen) atoms. The first-order valence-electron chi connectivity index (χ1n) is 7.70. The van der Waals surface area contributed by atoms with Crippen LogP contribution in [0, 0.1) is 0 Å². The SMILES string of the molecule is COc1ccccc1C=CC(=O)NC(=S)N1CCc2ccccc21. The highest BCUT2D eigenvalue weighted by atomic mass is 32.1. The molecule has 122 valence electrons. The molecule has 4 nitrogen and oxygen atoms in total. The standard InChI is InChI=1S/C19H18N2O2S/c1-23-17-9-5-3-7-15(17)10-11-18(22)20-19(24)21-13-12-14-6-2-4-8-16(14)21/h2-11H,12-13H2,1H3,(H,20,22,24). The molecule has 0 spiro atoms. The highest BCUT2D eigenvalue weighted by Gasteiger charge is 2.22. The lowest BCUT2D eigenvalue weighted by atomic mass is 10.2. The number of fused-ring (bicyclic) bond motifs is 1. The van der Waals surface area contributed by atoms with E-state index in [-0.39, 0.29) is 5.91 Å². The van der Waals surface area contributed by atoms with Crippen LogP contribution in [0.4, 0.5) is 5.69 Å². The van der Waals surface area contributed by atoms with Crippen molar-refractivity contribution in [3.63, 3.8) is 0 Å². The van der Waals surface area contributed by atoms with Gasteiger partial charge in [0.05, 0.1) is 7.11 Å². The minimum atomic E-state index is -0.254. The fraction of sp³-hybridized carbons (Fsp3) is 0.158. The van der Waals surface area contributed by atoms with Crippen LogP contribution in [0.1, 0.15) is 11.1 Å².